The zero-order valence-electron chi connectivity index (χ0n) is 10.8. The number of ketones is 1. The number of benzene rings is 1. The van der Waals surface area contributed by atoms with Crippen LogP contribution in [0.4, 0.5) is 0 Å². The van der Waals surface area contributed by atoms with E-state index in [0.717, 1.165) is 15.6 Å². The highest BCUT2D eigenvalue weighted by Gasteiger charge is 2.10. The Balaban J connectivity index is 1.86. The molecule has 0 aliphatic rings. The van der Waals surface area contributed by atoms with Crippen LogP contribution in [0.3, 0.4) is 0 Å². The van der Waals surface area contributed by atoms with Gasteiger partial charge in [-0.3, -0.25) is 4.79 Å². The van der Waals surface area contributed by atoms with E-state index in [1.165, 1.54) is 0 Å². The zero-order valence-corrected chi connectivity index (χ0v) is 12.3. The Kier molecular flexibility index (Phi) is 4.56. The summed E-state index contributed by atoms with van der Waals surface area (Å²) in [6, 6.07) is 6.95. The number of ether oxygens (including phenoxy) is 1. The van der Waals surface area contributed by atoms with E-state index in [1.54, 1.807) is 35.6 Å². The van der Waals surface area contributed by atoms with Gasteiger partial charge in [-0.2, -0.15) is 0 Å². The fourth-order valence-corrected chi connectivity index (χ4v) is 2.62. The number of rotatable bonds is 5. The van der Waals surface area contributed by atoms with Crippen LogP contribution in [-0.4, -0.2) is 17.4 Å². The third-order valence-corrected chi connectivity index (χ3v) is 3.96. The zero-order chi connectivity index (χ0) is 13.8. The Bertz CT molecular complexity index is 558. The van der Waals surface area contributed by atoms with E-state index in [9.17, 15) is 4.79 Å². The van der Waals surface area contributed by atoms with E-state index in [2.05, 4.69) is 4.98 Å². The van der Waals surface area contributed by atoms with Gasteiger partial charge in [0.25, 0.3) is 0 Å². The van der Waals surface area contributed by atoms with Gasteiger partial charge in [-0.1, -0.05) is 11.6 Å². The lowest BCUT2D eigenvalue weighted by Gasteiger charge is -2.04. The number of aromatic nitrogens is 1. The average molecular weight is 296 g/mol. The quantitative estimate of drug-likeness (QED) is 0.846. The first-order chi connectivity index (χ1) is 9.04. The van der Waals surface area contributed by atoms with Crippen molar-refractivity contribution in [1.82, 2.24) is 4.98 Å². The van der Waals surface area contributed by atoms with Crippen LogP contribution >= 0.6 is 22.9 Å². The molecular formula is C14H14ClNO2S. The van der Waals surface area contributed by atoms with Gasteiger partial charge in [0.1, 0.15) is 17.4 Å². The van der Waals surface area contributed by atoms with Gasteiger partial charge < -0.3 is 4.74 Å². The summed E-state index contributed by atoms with van der Waals surface area (Å²) in [7, 11) is 0. The Morgan fingerprint density at radius 3 is 2.58 bits per heavy atom. The lowest BCUT2D eigenvalue weighted by molar-refractivity contribution is -0.120. The van der Waals surface area contributed by atoms with Crippen LogP contribution < -0.4 is 4.74 Å². The molecule has 0 aliphatic carbocycles. The van der Waals surface area contributed by atoms with Gasteiger partial charge in [0.15, 0.2) is 5.78 Å². The monoisotopic (exact) mass is 295 g/mol. The Hall–Kier alpha value is -1.39. The molecule has 2 aromatic rings. The molecule has 3 nitrogen and oxygen atoms in total. The van der Waals surface area contributed by atoms with Crippen molar-refractivity contribution >= 4 is 28.7 Å². The maximum atomic E-state index is 11.8. The fourth-order valence-electron chi connectivity index (χ4n) is 1.53. The van der Waals surface area contributed by atoms with Crippen LogP contribution in [0.25, 0.3) is 0 Å². The molecule has 19 heavy (non-hydrogen) atoms. The largest absolute Gasteiger partial charge is 0.486 e. The molecule has 1 aromatic carbocycles. The van der Waals surface area contributed by atoms with Crippen molar-refractivity contribution in [3.63, 3.8) is 0 Å². The van der Waals surface area contributed by atoms with E-state index < -0.39 is 0 Å². The Labute approximate surface area is 121 Å². The molecule has 0 saturated carbocycles. The first-order valence-corrected chi connectivity index (χ1v) is 7.07. The summed E-state index contributed by atoms with van der Waals surface area (Å²) >= 11 is 7.33. The molecular weight excluding hydrogens is 282 g/mol. The smallest absolute Gasteiger partial charge is 0.176 e. The van der Waals surface area contributed by atoms with Crippen molar-refractivity contribution in [1.29, 1.82) is 0 Å². The number of hydrogen-bond acceptors (Lipinski definition) is 4. The first kappa shape index (κ1) is 14.0. The third kappa shape index (κ3) is 4.04. The Morgan fingerprint density at radius 1 is 1.32 bits per heavy atom. The van der Waals surface area contributed by atoms with Gasteiger partial charge in [0.2, 0.25) is 0 Å². The molecule has 2 rings (SSSR count). The second-order valence-electron chi connectivity index (χ2n) is 4.21. The van der Waals surface area contributed by atoms with E-state index in [4.69, 9.17) is 16.3 Å². The van der Waals surface area contributed by atoms with Gasteiger partial charge in [-0.05, 0) is 38.1 Å². The summed E-state index contributed by atoms with van der Waals surface area (Å²) in [4.78, 5) is 17.3. The van der Waals surface area contributed by atoms with Crippen LogP contribution in [-0.2, 0) is 11.2 Å². The maximum absolute atomic E-state index is 11.8. The second-order valence-corrected chi connectivity index (χ2v) is 5.93. The van der Waals surface area contributed by atoms with Gasteiger partial charge in [-0.15, -0.1) is 11.3 Å². The minimum Gasteiger partial charge on any atom is -0.486 e. The highest BCUT2D eigenvalue weighted by molar-refractivity contribution is 7.11. The summed E-state index contributed by atoms with van der Waals surface area (Å²) in [5, 5.41) is 1.49. The molecule has 0 unspecified atom stereocenters. The van der Waals surface area contributed by atoms with Crippen molar-refractivity contribution in [2.24, 2.45) is 0 Å². The molecule has 0 saturated heterocycles. The minimum atomic E-state index is 0.0173. The number of thiazole rings is 1. The summed E-state index contributed by atoms with van der Waals surface area (Å²) in [5.41, 5.74) is 0.992. The molecule has 1 aromatic heterocycles. The van der Waals surface area contributed by atoms with Gasteiger partial charge in [0, 0.05) is 9.90 Å². The van der Waals surface area contributed by atoms with Crippen LogP contribution in [0.2, 0.25) is 5.02 Å². The van der Waals surface area contributed by atoms with Gasteiger partial charge in [0.05, 0.1) is 12.1 Å². The lowest BCUT2D eigenvalue weighted by atomic mass is 10.3. The summed E-state index contributed by atoms with van der Waals surface area (Å²) in [6.07, 6.45) is 0.326. The van der Waals surface area contributed by atoms with E-state index in [1.807, 2.05) is 13.8 Å². The number of aryl methyl sites for hydroxylation is 2. The molecule has 100 valence electrons. The number of nitrogens with zero attached hydrogens (tertiary/aromatic N) is 1. The molecule has 0 amide bonds. The third-order valence-electron chi connectivity index (χ3n) is 2.63. The minimum absolute atomic E-state index is 0.0173. The van der Waals surface area contributed by atoms with Crippen molar-refractivity contribution in [3.05, 3.63) is 44.9 Å². The van der Waals surface area contributed by atoms with Crippen LogP contribution in [0, 0.1) is 13.8 Å². The molecule has 0 bridgehead atoms. The molecule has 0 atom stereocenters. The van der Waals surface area contributed by atoms with Crippen LogP contribution in [0.15, 0.2) is 24.3 Å². The van der Waals surface area contributed by atoms with Crippen molar-refractivity contribution in [2.45, 2.75) is 20.3 Å². The molecule has 0 spiro atoms. The first-order valence-electron chi connectivity index (χ1n) is 5.87. The molecule has 5 heteroatoms. The van der Waals surface area contributed by atoms with Crippen LogP contribution in [0.5, 0.6) is 5.75 Å². The summed E-state index contributed by atoms with van der Waals surface area (Å²) in [6.45, 7) is 4.01. The molecule has 0 radical (unpaired) electrons. The number of carbonyl (C=O) groups excluding carboxylic acids is 1. The molecule has 1 heterocycles. The molecule has 0 aliphatic heterocycles. The average Bonchev–Trinajstić information content (AvgIpc) is 2.67. The van der Waals surface area contributed by atoms with Crippen molar-refractivity contribution in [3.8, 4) is 5.75 Å². The van der Waals surface area contributed by atoms with Gasteiger partial charge in [-0.25, -0.2) is 4.98 Å². The standard InChI is InChI=1S/C14H14ClNO2S/c1-9-10(2)19-14(16-9)7-12(17)8-18-13-5-3-11(15)4-6-13/h3-6H,7-8H2,1-2H3. The number of Topliss-reactive ketones (excluding diaryl/α,β-unsaturated/α-hetero) is 1. The van der Waals surface area contributed by atoms with Gasteiger partial charge >= 0.3 is 0 Å². The maximum Gasteiger partial charge on any atom is 0.176 e. The molecule has 0 N–H and O–H groups in total. The lowest BCUT2D eigenvalue weighted by Crippen LogP contribution is -2.13. The van der Waals surface area contributed by atoms with E-state index in [0.29, 0.717) is 17.2 Å². The predicted octanol–water partition coefficient (Wildman–Crippen LogP) is 3.60. The van der Waals surface area contributed by atoms with E-state index in [-0.39, 0.29) is 12.4 Å². The Morgan fingerprint density at radius 2 is 2.00 bits per heavy atom. The second kappa shape index (κ2) is 6.17. The SMILES string of the molecule is Cc1nc(CC(=O)COc2ccc(Cl)cc2)sc1C. The predicted molar refractivity (Wildman–Crippen MR) is 77.2 cm³/mol. The topological polar surface area (TPSA) is 39.2 Å². The van der Waals surface area contributed by atoms with Crippen molar-refractivity contribution in [2.75, 3.05) is 6.61 Å². The van der Waals surface area contributed by atoms with E-state index >= 15 is 0 Å². The van der Waals surface area contributed by atoms with Crippen LogP contribution in [0.1, 0.15) is 15.6 Å². The van der Waals surface area contributed by atoms with Crippen molar-refractivity contribution < 1.29 is 9.53 Å². The number of halogens is 1. The highest BCUT2D eigenvalue weighted by atomic mass is 35.5. The summed E-state index contributed by atoms with van der Waals surface area (Å²) in [5.74, 6) is 0.660. The summed E-state index contributed by atoms with van der Waals surface area (Å²) < 4.78 is 5.40. The number of hydrogen-bond donors (Lipinski definition) is 0. The highest BCUT2D eigenvalue weighted by Crippen LogP contribution is 2.18. The molecule has 0 fully saturated rings. The fraction of sp³-hybridized carbons (Fsp3) is 0.286. The number of carbonyl (C=O) groups is 1. The normalized spacial score (nSPS) is 10.5.